The van der Waals surface area contributed by atoms with Gasteiger partial charge in [-0.25, -0.2) is 9.97 Å². The van der Waals surface area contributed by atoms with Crippen LogP contribution in [-0.2, 0) is 4.79 Å². The third kappa shape index (κ3) is 3.53. The number of rotatable bonds is 6. The molecule has 0 aliphatic heterocycles. The van der Waals surface area contributed by atoms with Crippen molar-refractivity contribution >= 4 is 11.9 Å². The minimum Gasteiger partial charge on any atom is -0.480 e. The van der Waals surface area contributed by atoms with Crippen LogP contribution in [-0.4, -0.2) is 49.5 Å². The maximum absolute atomic E-state index is 12.2. The van der Waals surface area contributed by atoms with Crippen molar-refractivity contribution in [1.29, 1.82) is 0 Å². The fourth-order valence-electron chi connectivity index (χ4n) is 1.78. The number of carbonyl (C=O) groups excluding carboxylic acids is 1. The molecular formula is C14H14N4O3. The van der Waals surface area contributed by atoms with Crippen molar-refractivity contribution in [1.82, 2.24) is 19.4 Å². The van der Waals surface area contributed by atoms with Crippen LogP contribution in [0.25, 0.3) is 5.82 Å². The summed E-state index contributed by atoms with van der Waals surface area (Å²) in [7, 11) is 0. The Hall–Kier alpha value is -2.96. The summed E-state index contributed by atoms with van der Waals surface area (Å²) >= 11 is 0. The van der Waals surface area contributed by atoms with Gasteiger partial charge in [0.05, 0.1) is 5.56 Å². The van der Waals surface area contributed by atoms with Gasteiger partial charge in [-0.1, -0.05) is 6.08 Å². The molecule has 7 heteroatoms. The SMILES string of the molecule is C=CCN(CC(=O)O)C(=O)c1ccc(-n2ccnc2)nc1. The first-order chi connectivity index (χ1) is 10.1. The lowest BCUT2D eigenvalue weighted by atomic mass is 10.2. The van der Waals surface area contributed by atoms with E-state index in [1.165, 1.54) is 17.2 Å². The zero-order valence-electron chi connectivity index (χ0n) is 11.2. The average Bonchev–Trinajstić information content (AvgIpc) is 3.00. The maximum atomic E-state index is 12.2. The minimum absolute atomic E-state index is 0.161. The van der Waals surface area contributed by atoms with Gasteiger partial charge in [0, 0.05) is 25.1 Å². The highest BCUT2D eigenvalue weighted by Gasteiger charge is 2.17. The smallest absolute Gasteiger partial charge is 0.323 e. The molecule has 2 aromatic heterocycles. The predicted octanol–water partition coefficient (Wildman–Crippen LogP) is 0.980. The Labute approximate surface area is 121 Å². The molecule has 0 saturated heterocycles. The average molecular weight is 286 g/mol. The fourth-order valence-corrected chi connectivity index (χ4v) is 1.78. The van der Waals surface area contributed by atoms with Gasteiger partial charge in [0.1, 0.15) is 18.7 Å². The van der Waals surface area contributed by atoms with Gasteiger partial charge >= 0.3 is 5.97 Å². The summed E-state index contributed by atoms with van der Waals surface area (Å²) in [5.74, 6) is -0.854. The molecule has 0 unspecified atom stereocenters. The van der Waals surface area contributed by atoms with Crippen LogP contribution in [0.5, 0.6) is 0 Å². The first-order valence-corrected chi connectivity index (χ1v) is 6.18. The van der Waals surface area contributed by atoms with E-state index in [0.29, 0.717) is 11.4 Å². The Morgan fingerprint density at radius 2 is 2.24 bits per heavy atom. The summed E-state index contributed by atoms with van der Waals surface area (Å²) in [6.07, 6.45) is 7.85. The lowest BCUT2D eigenvalue weighted by Crippen LogP contribution is -2.35. The molecule has 2 heterocycles. The first-order valence-electron chi connectivity index (χ1n) is 6.18. The molecule has 0 bridgehead atoms. The second-order valence-corrected chi connectivity index (χ2v) is 4.24. The molecule has 0 saturated carbocycles. The van der Waals surface area contributed by atoms with Crippen LogP contribution >= 0.6 is 0 Å². The molecular weight excluding hydrogens is 272 g/mol. The van der Waals surface area contributed by atoms with Crippen molar-refractivity contribution < 1.29 is 14.7 Å². The van der Waals surface area contributed by atoms with Crippen LogP contribution in [0.4, 0.5) is 0 Å². The largest absolute Gasteiger partial charge is 0.480 e. The maximum Gasteiger partial charge on any atom is 0.323 e. The highest BCUT2D eigenvalue weighted by Crippen LogP contribution is 2.08. The number of aliphatic carboxylic acids is 1. The van der Waals surface area contributed by atoms with Crippen LogP contribution in [0.15, 0.2) is 49.7 Å². The molecule has 0 fully saturated rings. The lowest BCUT2D eigenvalue weighted by molar-refractivity contribution is -0.137. The molecule has 21 heavy (non-hydrogen) atoms. The summed E-state index contributed by atoms with van der Waals surface area (Å²) in [5, 5.41) is 8.82. The van der Waals surface area contributed by atoms with E-state index in [-0.39, 0.29) is 13.1 Å². The van der Waals surface area contributed by atoms with E-state index in [4.69, 9.17) is 5.11 Å². The fraction of sp³-hybridized carbons (Fsp3) is 0.143. The van der Waals surface area contributed by atoms with E-state index in [1.54, 1.807) is 35.4 Å². The van der Waals surface area contributed by atoms with Crippen LogP contribution in [0.3, 0.4) is 0 Å². The predicted molar refractivity (Wildman–Crippen MR) is 75.1 cm³/mol. The van der Waals surface area contributed by atoms with Gasteiger partial charge < -0.3 is 10.0 Å². The zero-order chi connectivity index (χ0) is 15.2. The molecule has 0 aromatic carbocycles. The monoisotopic (exact) mass is 286 g/mol. The van der Waals surface area contributed by atoms with Gasteiger partial charge in [-0.3, -0.25) is 14.2 Å². The number of carbonyl (C=O) groups is 2. The van der Waals surface area contributed by atoms with Gasteiger partial charge in [-0.2, -0.15) is 0 Å². The van der Waals surface area contributed by atoms with E-state index in [0.717, 1.165) is 0 Å². The molecule has 2 rings (SSSR count). The minimum atomic E-state index is -1.08. The zero-order valence-corrected chi connectivity index (χ0v) is 11.2. The van der Waals surface area contributed by atoms with E-state index < -0.39 is 11.9 Å². The Kier molecular flexibility index (Phi) is 4.45. The number of amides is 1. The van der Waals surface area contributed by atoms with Gasteiger partial charge in [0.2, 0.25) is 0 Å². The third-order valence-corrected chi connectivity index (χ3v) is 2.73. The molecule has 0 aliphatic rings. The Bertz CT molecular complexity index is 635. The summed E-state index contributed by atoms with van der Waals surface area (Å²) in [5.41, 5.74) is 0.321. The van der Waals surface area contributed by atoms with Gasteiger partial charge in [0.15, 0.2) is 0 Å². The second-order valence-electron chi connectivity index (χ2n) is 4.24. The van der Waals surface area contributed by atoms with E-state index >= 15 is 0 Å². The van der Waals surface area contributed by atoms with Crippen LogP contribution in [0.1, 0.15) is 10.4 Å². The van der Waals surface area contributed by atoms with E-state index in [2.05, 4.69) is 16.5 Å². The molecule has 0 radical (unpaired) electrons. The second kappa shape index (κ2) is 6.47. The Morgan fingerprint density at radius 3 is 2.76 bits per heavy atom. The number of hydrogen-bond acceptors (Lipinski definition) is 4. The first kappa shape index (κ1) is 14.4. The molecule has 0 atom stereocenters. The van der Waals surface area contributed by atoms with Crippen molar-refractivity contribution in [2.75, 3.05) is 13.1 Å². The summed E-state index contributed by atoms with van der Waals surface area (Å²) in [4.78, 5) is 32.3. The number of imidazole rings is 1. The van der Waals surface area contributed by atoms with Crippen LogP contribution < -0.4 is 0 Å². The third-order valence-electron chi connectivity index (χ3n) is 2.73. The number of pyridine rings is 1. The molecule has 0 spiro atoms. The number of aromatic nitrogens is 3. The highest BCUT2D eigenvalue weighted by atomic mass is 16.4. The molecule has 1 amide bonds. The molecule has 1 N–H and O–H groups in total. The number of carboxylic acid groups (broad SMARTS) is 1. The Balaban J connectivity index is 2.18. The van der Waals surface area contributed by atoms with Gasteiger partial charge in [-0.15, -0.1) is 6.58 Å². The van der Waals surface area contributed by atoms with Gasteiger partial charge in [-0.05, 0) is 12.1 Å². The molecule has 0 aliphatic carbocycles. The molecule has 108 valence electrons. The summed E-state index contributed by atoms with van der Waals surface area (Å²) in [6, 6.07) is 3.27. The van der Waals surface area contributed by atoms with Gasteiger partial charge in [0.25, 0.3) is 5.91 Å². The van der Waals surface area contributed by atoms with Crippen molar-refractivity contribution in [3.8, 4) is 5.82 Å². The Morgan fingerprint density at radius 1 is 1.43 bits per heavy atom. The number of hydrogen-bond donors (Lipinski definition) is 1. The normalized spacial score (nSPS) is 10.1. The van der Waals surface area contributed by atoms with E-state index in [1.807, 2.05) is 0 Å². The van der Waals surface area contributed by atoms with Crippen LogP contribution in [0.2, 0.25) is 0 Å². The molecule has 2 aromatic rings. The molecule has 7 nitrogen and oxygen atoms in total. The number of carboxylic acids is 1. The van der Waals surface area contributed by atoms with Crippen molar-refractivity contribution in [2.24, 2.45) is 0 Å². The van der Waals surface area contributed by atoms with Crippen molar-refractivity contribution in [3.63, 3.8) is 0 Å². The van der Waals surface area contributed by atoms with Crippen molar-refractivity contribution in [2.45, 2.75) is 0 Å². The standard InChI is InChI=1S/C14H14N4O3/c1-2-6-17(9-13(19)20)14(21)11-3-4-12(16-8-11)18-7-5-15-10-18/h2-5,7-8,10H,1,6,9H2,(H,19,20). The highest BCUT2D eigenvalue weighted by molar-refractivity contribution is 5.95. The lowest BCUT2D eigenvalue weighted by Gasteiger charge is -2.18. The van der Waals surface area contributed by atoms with Crippen LogP contribution in [0, 0.1) is 0 Å². The van der Waals surface area contributed by atoms with Crippen molar-refractivity contribution in [3.05, 3.63) is 55.3 Å². The quantitative estimate of drug-likeness (QED) is 0.800. The summed E-state index contributed by atoms with van der Waals surface area (Å²) < 4.78 is 1.70. The topological polar surface area (TPSA) is 88.3 Å². The summed E-state index contributed by atoms with van der Waals surface area (Å²) in [6.45, 7) is 3.30. The van der Waals surface area contributed by atoms with E-state index in [9.17, 15) is 9.59 Å². The number of nitrogens with zero attached hydrogens (tertiary/aromatic N) is 4.